The van der Waals surface area contributed by atoms with E-state index in [1.54, 1.807) is 28.8 Å². The Kier molecular flexibility index (Phi) is 6.21. The molecule has 0 aliphatic carbocycles. The van der Waals surface area contributed by atoms with Crippen LogP contribution in [0, 0.1) is 0 Å². The fraction of sp³-hybridized carbons (Fsp3) is 0.478. The zero-order valence-corrected chi connectivity index (χ0v) is 20.9. The lowest BCUT2D eigenvalue weighted by atomic mass is 10.1. The van der Waals surface area contributed by atoms with Crippen molar-refractivity contribution in [3.05, 3.63) is 48.5 Å². The minimum atomic E-state index is -2.31. The smallest absolute Gasteiger partial charge is 0.256 e. The van der Waals surface area contributed by atoms with Crippen molar-refractivity contribution in [3.8, 4) is 0 Å². The van der Waals surface area contributed by atoms with Gasteiger partial charge in [0.05, 0.1) is 12.9 Å². The molecule has 0 radical (unpaired) electrons. The van der Waals surface area contributed by atoms with Gasteiger partial charge in [-0.2, -0.15) is 0 Å². The monoisotopic (exact) mass is 486 g/mol. The van der Waals surface area contributed by atoms with Crippen LogP contribution >= 0.6 is 0 Å². The Balaban J connectivity index is 1.68. The van der Waals surface area contributed by atoms with Crippen molar-refractivity contribution < 1.29 is 24.2 Å². The third-order valence-corrected chi connectivity index (χ3v) is 11.1. The molecule has 34 heavy (non-hydrogen) atoms. The quantitative estimate of drug-likeness (QED) is 0.435. The Bertz CT molecular complexity index is 1190. The molecule has 1 fully saturated rings. The Morgan fingerprint density at radius 1 is 1.26 bits per heavy atom. The van der Waals surface area contributed by atoms with Crippen molar-refractivity contribution >= 4 is 31.2 Å². The molecule has 1 aliphatic rings. The van der Waals surface area contributed by atoms with Crippen molar-refractivity contribution in [1.82, 2.24) is 19.5 Å². The first-order valence-electron chi connectivity index (χ1n) is 11.6. The van der Waals surface area contributed by atoms with E-state index in [1.807, 2.05) is 6.07 Å². The lowest BCUT2D eigenvalue weighted by molar-refractivity contribution is -0.0497. The number of aliphatic hydroxyl groups excluding tert-OH is 2. The molecular weight excluding hydrogens is 454 g/mol. The second-order valence-corrected chi connectivity index (χ2v) is 14.7. The molecule has 11 heteroatoms. The Morgan fingerprint density at radius 2 is 2.00 bits per heavy atom. The van der Waals surface area contributed by atoms with Crippen LogP contribution in [0.15, 0.2) is 43.0 Å². The number of ether oxygens (including phenoxy) is 1. The maximum atomic E-state index is 12.7. The number of benzene rings is 1. The Morgan fingerprint density at radius 3 is 2.68 bits per heavy atom. The summed E-state index contributed by atoms with van der Waals surface area (Å²) in [5.41, 5.74) is 1.28. The predicted octanol–water partition coefficient (Wildman–Crippen LogP) is 2.72. The SMILES string of the molecule is [2H]OC[C@H]1O[C@@H](n2cnc3c(NC(=O)c4ccccc4)ncnc32)C(O[Si](C)(C)C(C)(C)C)[C@H]1O. The first-order valence-corrected chi connectivity index (χ1v) is 14.1. The van der Waals surface area contributed by atoms with Gasteiger partial charge in [0, 0.05) is 5.56 Å². The summed E-state index contributed by atoms with van der Waals surface area (Å²) in [6, 6.07) is 8.80. The van der Waals surface area contributed by atoms with Crippen LogP contribution < -0.4 is 5.32 Å². The van der Waals surface area contributed by atoms with Crippen LogP contribution in [0.4, 0.5) is 5.82 Å². The second-order valence-electron chi connectivity index (χ2n) is 9.93. The highest BCUT2D eigenvalue weighted by molar-refractivity contribution is 6.74. The number of nitrogens with zero attached hydrogens (tertiary/aromatic N) is 4. The summed E-state index contributed by atoms with van der Waals surface area (Å²) in [4.78, 5) is 25.7. The van der Waals surface area contributed by atoms with E-state index in [-0.39, 0.29) is 23.4 Å². The van der Waals surface area contributed by atoms with Crippen LogP contribution in [-0.2, 0) is 9.16 Å². The number of imidazole rings is 1. The lowest BCUT2D eigenvalue weighted by Crippen LogP contribution is -2.48. The van der Waals surface area contributed by atoms with Crippen LogP contribution in [0.3, 0.4) is 0 Å². The summed E-state index contributed by atoms with van der Waals surface area (Å²) < 4.78 is 21.5. The van der Waals surface area contributed by atoms with Gasteiger partial charge in [0.15, 0.2) is 31.5 Å². The Labute approximate surface area is 200 Å². The molecule has 1 unspecified atom stereocenters. The number of rotatable bonds is 7. The molecular formula is C23H31N5O5Si. The van der Waals surface area contributed by atoms with E-state index in [4.69, 9.17) is 10.6 Å². The number of hydrogen-bond acceptors (Lipinski definition) is 8. The first kappa shape index (κ1) is 23.1. The summed E-state index contributed by atoms with van der Waals surface area (Å²) in [6.45, 7) is 10.4. The summed E-state index contributed by atoms with van der Waals surface area (Å²) >= 11 is 0. The number of amides is 1. The van der Waals surface area contributed by atoms with Gasteiger partial charge in [0.25, 0.3) is 5.91 Å². The number of carbonyl (C=O) groups excluding carboxylic acids is 1. The van der Waals surface area contributed by atoms with Crippen LogP contribution in [0.5, 0.6) is 0 Å². The average molecular weight is 487 g/mol. The molecule has 0 saturated carbocycles. The van der Waals surface area contributed by atoms with Gasteiger partial charge in [-0.3, -0.25) is 9.36 Å². The molecule has 10 nitrogen and oxygen atoms in total. The zero-order valence-electron chi connectivity index (χ0n) is 20.9. The molecule has 3 aromatic rings. The van der Waals surface area contributed by atoms with Gasteiger partial charge in [0.1, 0.15) is 24.6 Å². The number of nitrogens with one attached hydrogen (secondary N) is 1. The fourth-order valence-corrected chi connectivity index (χ4v) is 4.91. The largest absolute Gasteiger partial charge is 0.407 e. The summed E-state index contributed by atoms with van der Waals surface area (Å²) in [7, 11) is -2.31. The predicted molar refractivity (Wildman–Crippen MR) is 129 cm³/mol. The number of fused-ring (bicyclic) bond motifs is 1. The maximum absolute atomic E-state index is 12.7. The summed E-state index contributed by atoms with van der Waals surface area (Å²) in [5.74, 6) is -0.0615. The van der Waals surface area contributed by atoms with Crippen molar-refractivity contribution in [1.29, 1.82) is 1.43 Å². The normalized spacial score (nSPS) is 23.8. The molecule has 1 aromatic carbocycles. The molecule has 1 amide bonds. The van der Waals surface area contributed by atoms with E-state index < -0.39 is 32.9 Å². The van der Waals surface area contributed by atoms with Gasteiger partial charge in [-0.05, 0) is 30.3 Å². The topological polar surface area (TPSA) is 132 Å². The van der Waals surface area contributed by atoms with Gasteiger partial charge >= 0.3 is 0 Å². The zero-order chi connectivity index (χ0) is 25.4. The molecule has 182 valence electrons. The third-order valence-electron chi connectivity index (χ3n) is 6.61. The lowest BCUT2D eigenvalue weighted by Gasteiger charge is -2.40. The van der Waals surface area contributed by atoms with E-state index in [0.29, 0.717) is 16.7 Å². The van der Waals surface area contributed by atoms with E-state index in [0.717, 1.165) is 0 Å². The molecule has 3 N–H and O–H groups in total. The number of hydrogen-bond donors (Lipinski definition) is 3. The molecule has 0 spiro atoms. The molecule has 0 bridgehead atoms. The highest BCUT2D eigenvalue weighted by atomic mass is 28.4. The van der Waals surface area contributed by atoms with Crippen molar-refractivity contribution in [2.24, 2.45) is 0 Å². The number of anilines is 1. The van der Waals surface area contributed by atoms with Crippen LogP contribution in [-0.4, -0.2) is 70.3 Å². The van der Waals surface area contributed by atoms with E-state index >= 15 is 0 Å². The van der Waals surface area contributed by atoms with Gasteiger partial charge < -0.3 is 24.7 Å². The fourth-order valence-electron chi connectivity index (χ4n) is 3.62. The van der Waals surface area contributed by atoms with Crippen molar-refractivity contribution in [2.45, 2.75) is 63.4 Å². The molecule has 4 rings (SSSR count). The molecule has 1 aliphatic heterocycles. The number of carbonyl (C=O) groups is 1. The minimum Gasteiger partial charge on any atom is -0.407 e. The van der Waals surface area contributed by atoms with E-state index in [1.165, 1.54) is 12.7 Å². The Hall–Kier alpha value is -2.70. The standard InChI is InChI=1S/C23H31N5O5Si/c1-23(2,3)34(4,5)33-18-17(30)15(11-29)32-22(18)28-13-26-16-19(24-12-25-20(16)28)27-21(31)14-9-7-6-8-10-14/h6-10,12-13,15,17-18,22,29-30H,11H2,1-5H3,(H,24,25,27,31)/t15-,17+,18?,22-/m1/s1/i29D. The molecule has 4 atom stereocenters. The molecule has 2 aromatic heterocycles. The van der Waals surface area contributed by atoms with Crippen LogP contribution in [0.1, 0.15) is 37.4 Å². The van der Waals surface area contributed by atoms with Gasteiger partial charge in [-0.1, -0.05) is 39.0 Å². The second kappa shape index (κ2) is 9.15. The highest BCUT2D eigenvalue weighted by Gasteiger charge is 2.50. The number of aliphatic hydroxyl groups is 2. The molecule has 1 saturated heterocycles. The van der Waals surface area contributed by atoms with E-state index in [2.05, 4.69) is 59.2 Å². The summed E-state index contributed by atoms with van der Waals surface area (Å²) in [6.07, 6.45) is -0.413. The number of aromatic nitrogens is 4. The third kappa shape index (κ3) is 4.49. The van der Waals surface area contributed by atoms with E-state index in [9.17, 15) is 9.90 Å². The van der Waals surface area contributed by atoms with Gasteiger partial charge in [0.2, 0.25) is 1.43 Å². The molecule has 3 heterocycles. The van der Waals surface area contributed by atoms with Crippen molar-refractivity contribution in [3.63, 3.8) is 0 Å². The van der Waals surface area contributed by atoms with Crippen LogP contribution in [0.2, 0.25) is 18.1 Å². The highest BCUT2D eigenvalue weighted by Crippen LogP contribution is 2.42. The summed E-state index contributed by atoms with van der Waals surface area (Å²) in [5, 5.41) is 18.2. The first-order chi connectivity index (χ1) is 16.5. The van der Waals surface area contributed by atoms with Crippen LogP contribution in [0.25, 0.3) is 11.2 Å². The minimum absolute atomic E-state index is 0.102. The van der Waals surface area contributed by atoms with Gasteiger partial charge in [-0.25, -0.2) is 15.0 Å². The van der Waals surface area contributed by atoms with Gasteiger partial charge in [-0.15, -0.1) is 0 Å². The average Bonchev–Trinajstić information content (AvgIpc) is 3.36. The van der Waals surface area contributed by atoms with Crippen molar-refractivity contribution in [2.75, 3.05) is 11.9 Å². The maximum Gasteiger partial charge on any atom is 0.256 e.